The van der Waals surface area contributed by atoms with Gasteiger partial charge in [-0.25, -0.2) is 0 Å². The van der Waals surface area contributed by atoms with Crippen LogP contribution in [0.2, 0.25) is 0 Å². The number of carbonyl (C=O) groups excluding carboxylic acids is 3. The fraction of sp³-hybridized carbons (Fsp3) is 0.899. The van der Waals surface area contributed by atoms with E-state index in [0.29, 0.717) is 19.3 Å². The summed E-state index contributed by atoms with van der Waals surface area (Å²) in [6, 6.07) is 0. The van der Waals surface area contributed by atoms with E-state index >= 15 is 0 Å². The first-order chi connectivity index (χ1) is 37.0. The van der Waals surface area contributed by atoms with Crippen molar-refractivity contribution in [3.63, 3.8) is 0 Å². The van der Waals surface area contributed by atoms with E-state index < -0.39 is 6.10 Å². The molecule has 6 heteroatoms. The molecule has 0 rings (SSSR count). The molecule has 0 fully saturated rings. The monoisotopic (exact) mass is 1050 g/mol. The van der Waals surface area contributed by atoms with Gasteiger partial charge in [0.2, 0.25) is 0 Å². The highest BCUT2D eigenvalue weighted by atomic mass is 16.6. The van der Waals surface area contributed by atoms with Gasteiger partial charge in [0.1, 0.15) is 13.2 Å². The zero-order valence-electron chi connectivity index (χ0n) is 50.8. The Morgan fingerprint density at radius 1 is 0.253 bits per heavy atom. The van der Waals surface area contributed by atoms with Crippen molar-refractivity contribution >= 4 is 17.9 Å². The molecule has 0 aliphatic carbocycles. The van der Waals surface area contributed by atoms with Crippen LogP contribution in [0.4, 0.5) is 0 Å². The summed E-state index contributed by atoms with van der Waals surface area (Å²) in [5, 5.41) is 0. The summed E-state index contributed by atoms with van der Waals surface area (Å²) in [6.45, 7) is 6.65. The molecule has 1 unspecified atom stereocenters. The van der Waals surface area contributed by atoms with Crippen LogP contribution >= 0.6 is 0 Å². The molecule has 0 aliphatic rings. The molecular weight excluding hydrogens is 925 g/mol. The van der Waals surface area contributed by atoms with Crippen LogP contribution < -0.4 is 0 Å². The van der Waals surface area contributed by atoms with E-state index in [1.807, 2.05) is 0 Å². The lowest BCUT2D eigenvalue weighted by molar-refractivity contribution is -0.167. The van der Waals surface area contributed by atoms with Crippen LogP contribution in [0.5, 0.6) is 0 Å². The van der Waals surface area contributed by atoms with Crippen LogP contribution in [0, 0.1) is 0 Å². The van der Waals surface area contributed by atoms with Crippen molar-refractivity contribution in [2.75, 3.05) is 13.2 Å². The summed E-state index contributed by atoms with van der Waals surface area (Å²) in [5.74, 6) is -0.861. The number of allylic oxidation sites excluding steroid dienone is 4. The lowest BCUT2D eigenvalue weighted by Gasteiger charge is -2.18. The second kappa shape index (κ2) is 64.4. The Morgan fingerprint density at radius 3 is 0.707 bits per heavy atom. The number of esters is 3. The molecule has 0 amide bonds. The van der Waals surface area contributed by atoms with Crippen LogP contribution in [0.15, 0.2) is 24.3 Å². The molecule has 0 radical (unpaired) electrons. The molecule has 0 aromatic rings. The Hall–Kier alpha value is -2.11. The summed E-state index contributed by atoms with van der Waals surface area (Å²) >= 11 is 0. The summed E-state index contributed by atoms with van der Waals surface area (Å²) in [5.41, 5.74) is 0. The van der Waals surface area contributed by atoms with Gasteiger partial charge in [0.15, 0.2) is 6.10 Å². The van der Waals surface area contributed by atoms with Crippen LogP contribution in [-0.2, 0) is 28.6 Å². The van der Waals surface area contributed by atoms with Gasteiger partial charge < -0.3 is 14.2 Å². The van der Waals surface area contributed by atoms with Gasteiger partial charge in [0.25, 0.3) is 0 Å². The Kier molecular flexibility index (Phi) is 62.6. The normalized spacial score (nSPS) is 12.1. The van der Waals surface area contributed by atoms with Crippen LogP contribution in [0.25, 0.3) is 0 Å². The molecule has 0 N–H and O–H groups in total. The average Bonchev–Trinajstić information content (AvgIpc) is 3.41. The zero-order chi connectivity index (χ0) is 54.3. The van der Waals surface area contributed by atoms with Crippen LogP contribution in [0.1, 0.15) is 380 Å². The number of hydrogen-bond donors (Lipinski definition) is 0. The molecule has 0 aliphatic heterocycles. The fourth-order valence-electron chi connectivity index (χ4n) is 10.3. The van der Waals surface area contributed by atoms with Crippen molar-refractivity contribution in [2.24, 2.45) is 0 Å². The third-order valence-corrected chi connectivity index (χ3v) is 15.4. The van der Waals surface area contributed by atoms with Gasteiger partial charge in [-0.2, -0.15) is 0 Å². The van der Waals surface area contributed by atoms with Crippen molar-refractivity contribution in [3.8, 4) is 0 Å². The zero-order valence-corrected chi connectivity index (χ0v) is 50.8. The molecule has 1 atom stereocenters. The number of carbonyl (C=O) groups is 3. The maximum absolute atomic E-state index is 12.9. The molecule has 442 valence electrons. The highest BCUT2D eigenvalue weighted by Crippen LogP contribution is 2.18. The van der Waals surface area contributed by atoms with Gasteiger partial charge in [-0.15, -0.1) is 0 Å². The summed E-state index contributed by atoms with van der Waals surface area (Å²) < 4.78 is 16.9. The topological polar surface area (TPSA) is 78.9 Å². The molecule has 0 aromatic heterocycles. The molecule has 0 heterocycles. The molecule has 0 bridgehead atoms. The highest BCUT2D eigenvalue weighted by Gasteiger charge is 2.19. The Balaban J connectivity index is 4.11. The van der Waals surface area contributed by atoms with E-state index in [4.69, 9.17) is 14.2 Å². The van der Waals surface area contributed by atoms with Crippen molar-refractivity contribution in [3.05, 3.63) is 24.3 Å². The van der Waals surface area contributed by atoms with E-state index in [1.165, 1.54) is 276 Å². The maximum Gasteiger partial charge on any atom is 0.306 e. The molecule has 75 heavy (non-hydrogen) atoms. The Labute approximate surface area is 468 Å². The van der Waals surface area contributed by atoms with Gasteiger partial charge >= 0.3 is 17.9 Å². The lowest BCUT2D eigenvalue weighted by atomic mass is 10.0. The summed E-state index contributed by atoms with van der Waals surface area (Å²) in [4.78, 5) is 38.2. The van der Waals surface area contributed by atoms with Crippen molar-refractivity contribution in [1.29, 1.82) is 0 Å². The third kappa shape index (κ3) is 62.6. The predicted molar refractivity (Wildman–Crippen MR) is 326 cm³/mol. The SMILES string of the molecule is CCCC/C=C\CCCCCCCC(=O)OCC(COC(=O)CCCCCCCCCCCCCCCCCCCCCCCCCCCCCCC)OC(=O)CCCCCCCCC/C=C\CCCCCCCC. The van der Waals surface area contributed by atoms with Gasteiger partial charge in [-0.3, -0.25) is 14.4 Å². The first-order valence-electron chi connectivity index (χ1n) is 33.8. The van der Waals surface area contributed by atoms with Gasteiger partial charge in [-0.1, -0.05) is 321 Å². The minimum Gasteiger partial charge on any atom is -0.462 e. The van der Waals surface area contributed by atoms with Gasteiger partial charge in [0, 0.05) is 19.3 Å². The fourth-order valence-corrected chi connectivity index (χ4v) is 10.3. The molecule has 6 nitrogen and oxygen atoms in total. The van der Waals surface area contributed by atoms with Crippen molar-refractivity contribution in [2.45, 2.75) is 386 Å². The second-order valence-electron chi connectivity index (χ2n) is 23.1. The smallest absolute Gasteiger partial charge is 0.306 e. The van der Waals surface area contributed by atoms with E-state index in [0.717, 1.165) is 64.2 Å². The lowest BCUT2D eigenvalue weighted by Crippen LogP contribution is -2.30. The van der Waals surface area contributed by atoms with Crippen LogP contribution in [-0.4, -0.2) is 37.2 Å². The number of hydrogen-bond acceptors (Lipinski definition) is 6. The largest absolute Gasteiger partial charge is 0.462 e. The van der Waals surface area contributed by atoms with Gasteiger partial charge in [0.05, 0.1) is 0 Å². The Bertz CT molecular complexity index is 1210. The number of unbranched alkanes of at least 4 members (excludes halogenated alkanes) is 48. The van der Waals surface area contributed by atoms with E-state index in [9.17, 15) is 14.4 Å². The minimum absolute atomic E-state index is 0.0709. The third-order valence-electron chi connectivity index (χ3n) is 15.4. The van der Waals surface area contributed by atoms with E-state index in [2.05, 4.69) is 45.1 Å². The first kappa shape index (κ1) is 72.9. The number of rotatable bonds is 63. The van der Waals surface area contributed by atoms with E-state index in [-0.39, 0.29) is 31.1 Å². The predicted octanol–water partition coefficient (Wildman–Crippen LogP) is 23.0. The Morgan fingerprint density at radius 2 is 0.453 bits per heavy atom. The standard InChI is InChI=1S/C69H130O6/c1-4-7-10-13-16-19-22-24-26-28-29-30-31-32-33-34-35-36-37-38-39-41-42-44-47-50-53-56-59-62-68(71)74-65-66(64-73-67(70)61-58-55-52-49-46-21-18-15-12-9-6-3)75-69(72)63-60-57-54-51-48-45-43-40-27-25-23-20-17-14-11-8-5-2/h15,18,25,27,66H,4-14,16-17,19-24,26,28-65H2,1-3H3/b18-15-,27-25-. The molecule has 0 spiro atoms. The summed E-state index contributed by atoms with van der Waals surface area (Å²) in [7, 11) is 0. The first-order valence-corrected chi connectivity index (χ1v) is 33.8. The quantitative estimate of drug-likeness (QED) is 0.0261. The molecule has 0 saturated carbocycles. The average molecular weight is 1060 g/mol. The van der Waals surface area contributed by atoms with Crippen molar-refractivity contribution in [1.82, 2.24) is 0 Å². The van der Waals surface area contributed by atoms with Crippen LogP contribution in [0.3, 0.4) is 0 Å². The second-order valence-corrected chi connectivity index (χ2v) is 23.1. The maximum atomic E-state index is 12.9. The summed E-state index contributed by atoms with van der Waals surface area (Å²) in [6.07, 6.45) is 77.9. The van der Waals surface area contributed by atoms with E-state index in [1.54, 1.807) is 0 Å². The number of ether oxygens (including phenoxy) is 3. The van der Waals surface area contributed by atoms with Crippen molar-refractivity contribution < 1.29 is 28.6 Å². The molecular formula is C69H130O6. The molecule has 0 aromatic carbocycles. The highest BCUT2D eigenvalue weighted by molar-refractivity contribution is 5.71. The molecule has 0 saturated heterocycles. The van der Waals surface area contributed by atoms with Gasteiger partial charge in [-0.05, 0) is 64.2 Å². The minimum atomic E-state index is -0.774.